The number of rotatable bonds is 3. The summed E-state index contributed by atoms with van der Waals surface area (Å²) in [5, 5.41) is 8.89. The fourth-order valence-electron chi connectivity index (χ4n) is 2.24. The van der Waals surface area contributed by atoms with Crippen LogP contribution in [0.2, 0.25) is 0 Å². The summed E-state index contributed by atoms with van der Waals surface area (Å²) in [7, 11) is 1.14. The van der Waals surface area contributed by atoms with Gasteiger partial charge in [-0.25, -0.2) is 8.78 Å². The first-order chi connectivity index (χ1) is 9.45. The van der Waals surface area contributed by atoms with E-state index in [4.69, 9.17) is 9.84 Å². The highest BCUT2D eigenvalue weighted by Gasteiger charge is 2.34. The molecule has 1 N–H and O–H groups in total. The summed E-state index contributed by atoms with van der Waals surface area (Å²) < 4.78 is 32.0. The molecule has 1 aromatic rings. The lowest BCUT2D eigenvalue weighted by Crippen LogP contribution is -2.31. The number of amides is 1. The van der Waals surface area contributed by atoms with Gasteiger partial charge in [0.2, 0.25) is 0 Å². The number of methoxy groups -OCH3 is 1. The maximum absolute atomic E-state index is 13.8. The fraction of sp³-hybridized carbons (Fsp3) is 0.385. The van der Waals surface area contributed by atoms with E-state index >= 15 is 0 Å². The summed E-state index contributed by atoms with van der Waals surface area (Å²) in [6, 6.07) is 1.71. The third-order valence-corrected chi connectivity index (χ3v) is 3.30. The number of carbonyl (C=O) groups excluding carboxylic acids is 1. The van der Waals surface area contributed by atoms with Gasteiger partial charge < -0.3 is 14.7 Å². The minimum Gasteiger partial charge on any atom is -0.493 e. The number of hydrogen-bond donors (Lipinski definition) is 1. The van der Waals surface area contributed by atoms with Gasteiger partial charge in [0, 0.05) is 13.1 Å². The van der Waals surface area contributed by atoms with Crippen LogP contribution in [0.1, 0.15) is 16.8 Å². The molecule has 0 aliphatic carbocycles. The Morgan fingerprint density at radius 3 is 2.55 bits per heavy atom. The van der Waals surface area contributed by atoms with Crippen molar-refractivity contribution in [2.45, 2.75) is 6.42 Å². The molecule has 1 aromatic carbocycles. The second-order valence-corrected chi connectivity index (χ2v) is 4.51. The Labute approximate surface area is 113 Å². The van der Waals surface area contributed by atoms with E-state index in [-0.39, 0.29) is 13.1 Å². The zero-order valence-electron chi connectivity index (χ0n) is 10.7. The molecular formula is C13H13F2NO4. The zero-order valence-corrected chi connectivity index (χ0v) is 10.7. The van der Waals surface area contributed by atoms with Crippen molar-refractivity contribution in [3.8, 4) is 5.75 Å². The monoisotopic (exact) mass is 285 g/mol. The molecule has 0 bridgehead atoms. The quantitative estimate of drug-likeness (QED) is 0.914. The molecular weight excluding hydrogens is 272 g/mol. The van der Waals surface area contributed by atoms with E-state index in [1.165, 1.54) is 4.90 Å². The van der Waals surface area contributed by atoms with Crippen LogP contribution in [-0.2, 0) is 4.79 Å². The normalized spacial score (nSPS) is 18.1. The van der Waals surface area contributed by atoms with Crippen LogP contribution in [-0.4, -0.2) is 42.1 Å². The van der Waals surface area contributed by atoms with Crippen LogP contribution in [0.3, 0.4) is 0 Å². The second-order valence-electron chi connectivity index (χ2n) is 4.51. The van der Waals surface area contributed by atoms with Crippen molar-refractivity contribution in [2.75, 3.05) is 20.2 Å². The molecule has 1 amide bonds. The first-order valence-corrected chi connectivity index (χ1v) is 5.99. The predicted molar refractivity (Wildman–Crippen MR) is 64.6 cm³/mol. The molecule has 20 heavy (non-hydrogen) atoms. The van der Waals surface area contributed by atoms with Crippen LogP contribution < -0.4 is 4.74 Å². The number of nitrogens with zero attached hydrogens (tertiary/aromatic N) is 1. The smallest absolute Gasteiger partial charge is 0.308 e. The number of carboxylic acid groups (broad SMARTS) is 1. The molecule has 0 spiro atoms. The van der Waals surface area contributed by atoms with Gasteiger partial charge in [-0.2, -0.15) is 0 Å². The van der Waals surface area contributed by atoms with E-state index in [0.717, 1.165) is 19.2 Å². The molecule has 0 radical (unpaired) electrons. The Hall–Kier alpha value is -2.18. The summed E-state index contributed by atoms with van der Waals surface area (Å²) in [6.45, 7) is 0.169. The Balaban J connectivity index is 2.31. The SMILES string of the molecule is COc1c(F)ccc(F)c1C(=O)N1CCC(C(=O)O)C1. The van der Waals surface area contributed by atoms with Crippen molar-refractivity contribution < 1.29 is 28.2 Å². The van der Waals surface area contributed by atoms with Crippen molar-refractivity contribution >= 4 is 11.9 Å². The Bertz CT molecular complexity index is 562. The highest BCUT2D eigenvalue weighted by Crippen LogP contribution is 2.28. The average molecular weight is 285 g/mol. The Morgan fingerprint density at radius 1 is 1.35 bits per heavy atom. The van der Waals surface area contributed by atoms with E-state index in [1.54, 1.807) is 0 Å². The van der Waals surface area contributed by atoms with Crippen molar-refractivity contribution in [1.82, 2.24) is 4.90 Å². The molecule has 1 aliphatic heterocycles. The molecule has 7 heteroatoms. The third kappa shape index (κ3) is 2.43. The third-order valence-electron chi connectivity index (χ3n) is 3.30. The molecule has 2 rings (SSSR count). The van der Waals surface area contributed by atoms with Gasteiger partial charge in [0.1, 0.15) is 11.4 Å². The van der Waals surface area contributed by atoms with Gasteiger partial charge in [0.15, 0.2) is 11.6 Å². The second kappa shape index (κ2) is 5.44. The molecule has 1 saturated heterocycles. The number of carboxylic acids is 1. The molecule has 1 heterocycles. The summed E-state index contributed by atoms with van der Waals surface area (Å²) in [6.07, 6.45) is 0.292. The van der Waals surface area contributed by atoms with E-state index in [0.29, 0.717) is 6.42 Å². The highest BCUT2D eigenvalue weighted by molar-refractivity contribution is 5.97. The molecule has 108 valence electrons. The number of benzene rings is 1. The number of halogens is 2. The van der Waals surface area contributed by atoms with Gasteiger partial charge in [0.25, 0.3) is 5.91 Å². The van der Waals surface area contributed by atoms with Gasteiger partial charge >= 0.3 is 5.97 Å². The van der Waals surface area contributed by atoms with Crippen molar-refractivity contribution in [3.63, 3.8) is 0 Å². The molecule has 1 unspecified atom stereocenters. The van der Waals surface area contributed by atoms with Crippen LogP contribution in [0.25, 0.3) is 0 Å². The minimum atomic E-state index is -1.01. The van der Waals surface area contributed by atoms with Crippen LogP contribution >= 0.6 is 0 Å². The van der Waals surface area contributed by atoms with E-state index in [2.05, 4.69) is 0 Å². The first-order valence-electron chi connectivity index (χ1n) is 5.99. The molecule has 1 aliphatic rings. The van der Waals surface area contributed by atoms with E-state index in [9.17, 15) is 18.4 Å². The Kier molecular flexibility index (Phi) is 3.87. The zero-order chi connectivity index (χ0) is 14.9. The molecule has 0 saturated carbocycles. The molecule has 1 fully saturated rings. The van der Waals surface area contributed by atoms with Crippen LogP contribution in [0.5, 0.6) is 5.75 Å². The lowest BCUT2D eigenvalue weighted by Gasteiger charge is -2.18. The topological polar surface area (TPSA) is 66.8 Å². The summed E-state index contributed by atoms with van der Waals surface area (Å²) >= 11 is 0. The summed E-state index contributed by atoms with van der Waals surface area (Å²) in [4.78, 5) is 24.3. The highest BCUT2D eigenvalue weighted by atomic mass is 19.1. The largest absolute Gasteiger partial charge is 0.493 e. The van der Waals surface area contributed by atoms with Crippen molar-refractivity contribution in [2.24, 2.45) is 5.92 Å². The number of hydrogen-bond acceptors (Lipinski definition) is 3. The van der Waals surface area contributed by atoms with Crippen LogP contribution in [0.4, 0.5) is 8.78 Å². The number of aliphatic carboxylic acids is 1. The lowest BCUT2D eigenvalue weighted by atomic mass is 10.1. The van der Waals surface area contributed by atoms with Gasteiger partial charge in [0.05, 0.1) is 13.0 Å². The molecule has 5 nitrogen and oxygen atoms in total. The van der Waals surface area contributed by atoms with E-state index in [1.807, 2.05) is 0 Å². The predicted octanol–water partition coefficient (Wildman–Crippen LogP) is 1.52. The molecule has 1 atom stereocenters. The number of ether oxygens (including phenoxy) is 1. The number of carbonyl (C=O) groups is 2. The first kappa shape index (κ1) is 14.2. The Morgan fingerprint density at radius 2 is 2.00 bits per heavy atom. The standard InChI is InChI=1S/C13H13F2NO4/c1-20-11-9(15)3-2-8(14)10(11)12(17)16-5-4-7(6-16)13(18)19/h2-3,7H,4-6H2,1H3,(H,18,19). The summed E-state index contributed by atoms with van der Waals surface area (Å²) in [5.74, 6) is -4.65. The molecule has 0 aromatic heterocycles. The van der Waals surface area contributed by atoms with Crippen molar-refractivity contribution in [1.29, 1.82) is 0 Å². The van der Waals surface area contributed by atoms with Crippen LogP contribution in [0, 0.1) is 17.6 Å². The maximum Gasteiger partial charge on any atom is 0.308 e. The van der Waals surface area contributed by atoms with Crippen LogP contribution in [0.15, 0.2) is 12.1 Å². The maximum atomic E-state index is 13.8. The van der Waals surface area contributed by atoms with Gasteiger partial charge in [-0.1, -0.05) is 0 Å². The average Bonchev–Trinajstić information content (AvgIpc) is 2.90. The van der Waals surface area contributed by atoms with Gasteiger partial charge in [-0.3, -0.25) is 9.59 Å². The minimum absolute atomic E-state index is 0.0206. The summed E-state index contributed by atoms with van der Waals surface area (Å²) in [5.41, 5.74) is -0.501. The van der Waals surface area contributed by atoms with Crippen molar-refractivity contribution in [3.05, 3.63) is 29.3 Å². The number of likely N-dealkylation sites (tertiary alicyclic amines) is 1. The van der Waals surface area contributed by atoms with Gasteiger partial charge in [-0.05, 0) is 18.6 Å². The van der Waals surface area contributed by atoms with Gasteiger partial charge in [-0.15, -0.1) is 0 Å². The fourth-order valence-corrected chi connectivity index (χ4v) is 2.24. The lowest BCUT2D eigenvalue weighted by molar-refractivity contribution is -0.141. The van der Waals surface area contributed by atoms with E-state index < -0.39 is 40.7 Å².